The second kappa shape index (κ2) is 13.0. The second-order valence-electron chi connectivity index (χ2n) is 10.3. The van der Waals surface area contributed by atoms with Gasteiger partial charge in [-0.15, -0.1) is 0 Å². The molecule has 41 heavy (non-hydrogen) atoms. The van der Waals surface area contributed by atoms with Crippen LogP contribution in [0.5, 0.6) is 0 Å². The third-order valence-corrected chi connectivity index (χ3v) is 7.63. The lowest BCUT2D eigenvalue weighted by atomic mass is 9.98. The maximum absolute atomic E-state index is 13.7. The fraction of sp³-hybridized carbons (Fsp3) is 0.344. The fourth-order valence-corrected chi connectivity index (χ4v) is 5.40. The Morgan fingerprint density at radius 1 is 0.976 bits per heavy atom. The van der Waals surface area contributed by atoms with E-state index >= 15 is 0 Å². The number of hydrogen-bond donors (Lipinski definition) is 2. The molecule has 1 aliphatic heterocycles. The summed E-state index contributed by atoms with van der Waals surface area (Å²) in [5.41, 5.74) is 5.31. The number of nitrogens with one attached hydrogen (secondary N) is 1. The Kier molecular flexibility index (Phi) is 8.96. The number of nitrogens with zero attached hydrogens (tertiary/aromatic N) is 1. The van der Waals surface area contributed by atoms with E-state index in [1.807, 2.05) is 66.7 Å². The Balaban J connectivity index is 1.30. The van der Waals surface area contributed by atoms with Crippen molar-refractivity contribution in [2.45, 2.75) is 31.6 Å². The number of aliphatic carboxylic acids is 1. The number of carboxylic acids is 1. The van der Waals surface area contributed by atoms with Crippen molar-refractivity contribution in [1.82, 2.24) is 10.2 Å². The quantitative estimate of drug-likeness (QED) is 0.407. The number of ether oxygens (including phenoxy) is 3. The van der Waals surface area contributed by atoms with Crippen LogP contribution < -0.4 is 5.32 Å². The van der Waals surface area contributed by atoms with Crippen LogP contribution in [0.15, 0.2) is 78.9 Å². The van der Waals surface area contributed by atoms with Gasteiger partial charge >= 0.3 is 12.1 Å². The molecular weight excluding hydrogens is 524 g/mol. The molecule has 2 amide bonds. The molecule has 2 aliphatic rings. The van der Waals surface area contributed by atoms with Gasteiger partial charge in [-0.25, -0.2) is 4.79 Å². The van der Waals surface area contributed by atoms with Crippen molar-refractivity contribution in [1.29, 1.82) is 0 Å². The molecule has 0 aromatic heterocycles. The SMILES string of the molecule is CC(OCc1ccccc1)C(NC(=O)OCC1c2ccccc2-c2ccccc21)C(=O)N1CCOCC(C(=O)O)C1. The van der Waals surface area contributed by atoms with Crippen molar-refractivity contribution in [2.24, 2.45) is 5.92 Å². The molecule has 9 heteroatoms. The van der Waals surface area contributed by atoms with Gasteiger partial charge in [0.15, 0.2) is 0 Å². The predicted molar refractivity (Wildman–Crippen MR) is 151 cm³/mol. The molecule has 0 radical (unpaired) electrons. The van der Waals surface area contributed by atoms with Gasteiger partial charge in [0.25, 0.3) is 0 Å². The van der Waals surface area contributed by atoms with Gasteiger partial charge in [-0.3, -0.25) is 9.59 Å². The fourth-order valence-electron chi connectivity index (χ4n) is 5.40. The van der Waals surface area contributed by atoms with E-state index in [0.29, 0.717) is 0 Å². The lowest BCUT2D eigenvalue weighted by Crippen LogP contribution is -2.55. The maximum Gasteiger partial charge on any atom is 0.407 e. The van der Waals surface area contributed by atoms with Crippen LogP contribution in [-0.4, -0.2) is 73.0 Å². The zero-order valence-electron chi connectivity index (χ0n) is 22.9. The van der Waals surface area contributed by atoms with Crippen molar-refractivity contribution in [3.05, 3.63) is 95.6 Å². The van der Waals surface area contributed by atoms with E-state index in [-0.39, 0.29) is 45.4 Å². The zero-order chi connectivity index (χ0) is 28.8. The van der Waals surface area contributed by atoms with E-state index in [1.165, 1.54) is 4.90 Å². The van der Waals surface area contributed by atoms with E-state index in [0.717, 1.165) is 27.8 Å². The summed E-state index contributed by atoms with van der Waals surface area (Å²) < 4.78 is 17.1. The van der Waals surface area contributed by atoms with E-state index in [4.69, 9.17) is 14.2 Å². The molecular formula is C32H34N2O7. The normalized spacial score (nSPS) is 18.0. The molecule has 1 aliphatic carbocycles. The lowest BCUT2D eigenvalue weighted by Gasteiger charge is -2.30. The van der Waals surface area contributed by atoms with E-state index in [9.17, 15) is 19.5 Å². The average molecular weight is 559 g/mol. The largest absolute Gasteiger partial charge is 0.481 e. The van der Waals surface area contributed by atoms with Crippen molar-refractivity contribution >= 4 is 18.0 Å². The molecule has 0 saturated carbocycles. The van der Waals surface area contributed by atoms with Crippen molar-refractivity contribution < 1.29 is 33.7 Å². The van der Waals surface area contributed by atoms with Gasteiger partial charge in [0, 0.05) is 19.0 Å². The minimum atomic E-state index is -1.10. The molecule has 3 unspecified atom stereocenters. The third-order valence-electron chi connectivity index (χ3n) is 7.63. The van der Waals surface area contributed by atoms with Crippen molar-refractivity contribution in [2.75, 3.05) is 32.9 Å². The molecule has 1 saturated heterocycles. The molecule has 0 spiro atoms. The molecule has 5 rings (SSSR count). The van der Waals surface area contributed by atoms with Crippen LogP contribution in [0.4, 0.5) is 4.79 Å². The minimum absolute atomic E-state index is 0.0175. The number of fused-ring (bicyclic) bond motifs is 3. The first-order valence-corrected chi connectivity index (χ1v) is 13.8. The minimum Gasteiger partial charge on any atom is -0.481 e. The number of carbonyl (C=O) groups excluding carboxylic acids is 2. The molecule has 3 aromatic rings. The monoisotopic (exact) mass is 558 g/mol. The van der Waals surface area contributed by atoms with E-state index in [2.05, 4.69) is 17.4 Å². The molecule has 1 fully saturated rings. The summed E-state index contributed by atoms with van der Waals surface area (Å²) in [7, 11) is 0. The summed E-state index contributed by atoms with van der Waals surface area (Å²) in [5, 5.41) is 12.3. The predicted octanol–water partition coefficient (Wildman–Crippen LogP) is 4.06. The number of carboxylic acid groups (broad SMARTS) is 1. The molecule has 0 bridgehead atoms. The Morgan fingerprint density at radius 2 is 1.61 bits per heavy atom. The van der Waals surface area contributed by atoms with Gasteiger partial charge in [-0.1, -0.05) is 78.9 Å². The number of rotatable bonds is 9. The van der Waals surface area contributed by atoms with Crippen LogP contribution in [0.25, 0.3) is 11.1 Å². The lowest BCUT2D eigenvalue weighted by molar-refractivity contribution is -0.145. The Bertz CT molecular complexity index is 1330. The van der Waals surface area contributed by atoms with E-state index in [1.54, 1.807) is 6.92 Å². The third kappa shape index (κ3) is 6.58. The first-order chi connectivity index (χ1) is 19.9. The number of hydrogen-bond acceptors (Lipinski definition) is 6. The van der Waals surface area contributed by atoms with Crippen LogP contribution in [0.1, 0.15) is 29.5 Å². The summed E-state index contributed by atoms with van der Waals surface area (Å²) in [4.78, 5) is 40.0. The molecule has 2 N–H and O–H groups in total. The summed E-state index contributed by atoms with van der Waals surface area (Å²) in [6, 6.07) is 24.5. The van der Waals surface area contributed by atoms with Crippen molar-refractivity contribution in [3.8, 4) is 11.1 Å². The van der Waals surface area contributed by atoms with Gasteiger partial charge in [0.05, 0.1) is 31.8 Å². The van der Waals surface area contributed by atoms with Gasteiger partial charge in [-0.2, -0.15) is 0 Å². The smallest absolute Gasteiger partial charge is 0.407 e. The highest BCUT2D eigenvalue weighted by molar-refractivity contribution is 5.87. The summed E-state index contributed by atoms with van der Waals surface area (Å²) in [6.07, 6.45) is -1.48. The van der Waals surface area contributed by atoms with Crippen LogP contribution >= 0.6 is 0 Å². The number of amides is 2. The van der Waals surface area contributed by atoms with Gasteiger partial charge in [0.2, 0.25) is 5.91 Å². The van der Waals surface area contributed by atoms with Crippen LogP contribution in [0, 0.1) is 5.92 Å². The second-order valence-corrected chi connectivity index (χ2v) is 10.3. The van der Waals surface area contributed by atoms with Crippen LogP contribution in [-0.2, 0) is 30.4 Å². The first kappa shape index (κ1) is 28.3. The summed E-state index contributed by atoms with van der Waals surface area (Å²) >= 11 is 0. The highest BCUT2D eigenvalue weighted by atomic mass is 16.5. The van der Waals surface area contributed by atoms with Gasteiger partial charge < -0.3 is 29.5 Å². The Morgan fingerprint density at radius 3 is 2.27 bits per heavy atom. The highest BCUT2D eigenvalue weighted by Crippen LogP contribution is 2.44. The first-order valence-electron chi connectivity index (χ1n) is 13.8. The van der Waals surface area contributed by atoms with Crippen LogP contribution in [0.2, 0.25) is 0 Å². The molecule has 1 heterocycles. The zero-order valence-corrected chi connectivity index (χ0v) is 22.9. The van der Waals surface area contributed by atoms with E-state index < -0.39 is 36.0 Å². The maximum atomic E-state index is 13.7. The van der Waals surface area contributed by atoms with Crippen molar-refractivity contribution in [3.63, 3.8) is 0 Å². The Hall–Kier alpha value is -4.21. The van der Waals surface area contributed by atoms with Gasteiger partial charge in [-0.05, 0) is 34.7 Å². The molecule has 3 aromatic carbocycles. The Labute approximate surface area is 239 Å². The van der Waals surface area contributed by atoms with Gasteiger partial charge in [0.1, 0.15) is 12.6 Å². The molecule has 3 atom stereocenters. The van der Waals surface area contributed by atoms with Crippen LogP contribution in [0.3, 0.4) is 0 Å². The summed E-state index contributed by atoms with van der Waals surface area (Å²) in [5.74, 6) is -2.49. The number of carbonyl (C=O) groups is 3. The standard InChI is InChI=1S/C32H34N2O7/c1-21(40-18-22-9-3-2-4-10-22)29(30(35)34-15-16-39-19-23(17-34)31(36)37)33-32(38)41-20-28-26-13-7-5-11-24(26)25-12-6-8-14-27(25)28/h2-14,21,23,28-29H,15-20H2,1H3,(H,33,38)(H,36,37). The average Bonchev–Trinajstić information content (AvgIpc) is 3.12. The number of benzene rings is 3. The highest BCUT2D eigenvalue weighted by Gasteiger charge is 2.36. The molecule has 9 nitrogen and oxygen atoms in total. The molecule has 214 valence electrons. The summed E-state index contributed by atoms with van der Waals surface area (Å²) in [6.45, 7) is 2.44. The number of alkyl carbamates (subject to hydrolysis) is 1. The topological polar surface area (TPSA) is 114 Å².